The number of hydrogen-bond donors (Lipinski definition) is 0. The predicted molar refractivity (Wildman–Crippen MR) is 120 cm³/mol. The van der Waals surface area contributed by atoms with Crippen LogP contribution in [0.5, 0.6) is 5.75 Å². The van der Waals surface area contributed by atoms with Gasteiger partial charge in [-0.15, -0.1) is 0 Å². The van der Waals surface area contributed by atoms with E-state index < -0.39 is 0 Å². The molecule has 4 aromatic rings. The van der Waals surface area contributed by atoms with Crippen molar-refractivity contribution in [1.82, 2.24) is 19.5 Å². The molecule has 1 amide bonds. The lowest BCUT2D eigenvalue weighted by Crippen LogP contribution is -2.37. The topological polar surface area (TPSA) is 90.2 Å². The summed E-state index contributed by atoms with van der Waals surface area (Å²) in [5, 5.41) is 0.543. The fourth-order valence-corrected chi connectivity index (χ4v) is 4.06. The molecule has 0 aliphatic heterocycles. The lowest BCUT2D eigenvalue weighted by Gasteiger charge is -2.20. The molecule has 0 bridgehead atoms. The average molecular weight is 436 g/mol. The molecule has 0 aliphatic carbocycles. The van der Waals surface area contributed by atoms with Gasteiger partial charge in [0.1, 0.15) is 12.3 Å². The number of aryl methyl sites for hydroxylation is 1. The van der Waals surface area contributed by atoms with Crippen molar-refractivity contribution in [3.63, 3.8) is 0 Å². The lowest BCUT2D eigenvalue weighted by molar-refractivity contribution is -0.119. The van der Waals surface area contributed by atoms with Crippen molar-refractivity contribution in [3.05, 3.63) is 76.2 Å². The number of nitrogens with zero attached hydrogens (tertiary/aromatic N) is 5. The zero-order valence-electron chi connectivity index (χ0n) is 17.4. The molecule has 9 heteroatoms. The SMILES string of the molecule is COc1ccc2sc(N(Cc3cccnc3)C(=O)Cn3cnc(C)c(C)c3=O)nc2c1. The Balaban J connectivity index is 1.71. The van der Waals surface area contributed by atoms with Crippen LogP contribution in [0.15, 0.2) is 53.8 Å². The third-order valence-electron chi connectivity index (χ3n) is 5.00. The van der Waals surface area contributed by atoms with Crippen LogP contribution in [-0.4, -0.2) is 32.5 Å². The number of aromatic nitrogens is 4. The second-order valence-corrected chi connectivity index (χ2v) is 8.07. The lowest BCUT2D eigenvalue weighted by atomic mass is 10.2. The maximum Gasteiger partial charge on any atom is 0.256 e. The molecule has 8 nitrogen and oxygen atoms in total. The van der Waals surface area contributed by atoms with Crippen molar-refractivity contribution in [2.24, 2.45) is 0 Å². The van der Waals surface area contributed by atoms with Gasteiger partial charge in [0.25, 0.3) is 5.56 Å². The summed E-state index contributed by atoms with van der Waals surface area (Å²) in [7, 11) is 1.60. The van der Waals surface area contributed by atoms with E-state index in [1.807, 2.05) is 30.3 Å². The Morgan fingerprint density at radius 1 is 1.26 bits per heavy atom. The number of hydrogen-bond acceptors (Lipinski definition) is 7. The maximum atomic E-state index is 13.3. The minimum Gasteiger partial charge on any atom is -0.497 e. The quantitative estimate of drug-likeness (QED) is 0.462. The van der Waals surface area contributed by atoms with Gasteiger partial charge < -0.3 is 4.74 Å². The highest BCUT2D eigenvalue weighted by Crippen LogP contribution is 2.32. The largest absolute Gasteiger partial charge is 0.497 e. The van der Waals surface area contributed by atoms with Gasteiger partial charge in [-0.1, -0.05) is 17.4 Å². The maximum absolute atomic E-state index is 13.3. The third-order valence-corrected chi connectivity index (χ3v) is 6.06. The molecule has 1 aromatic carbocycles. The molecule has 0 saturated carbocycles. The monoisotopic (exact) mass is 435 g/mol. The number of benzene rings is 1. The van der Waals surface area contributed by atoms with E-state index in [1.54, 1.807) is 38.3 Å². The summed E-state index contributed by atoms with van der Waals surface area (Å²) < 4.78 is 7.54. The Morgan fingerprint density at radius 2 is 2.10 bits per heavy atom. The first-order chi connectivity index (χ1) is 15.0. The van der Waals surface area contributed by atoms with Crippen molar-refractivity contribution in [2.75, 3.05) is 12.0 Å². The molecule has 0 fully saturated rings. The first-order valence-electron chi connectivity index (χ1n) is 9.62. The molecule has 0 aliphatic rings. The Kier molecular flexibility index (Phi) is 5.77. The van der Waals surface area contributed by atoms with Gasteiger partial charge in [0, 0.05) is 29.7 Å². The Labute approximate surface area is 182 Å². The van der Waals surface area contributed by atoms with Crippen LogP contribution in [-0.2, 0) is 17.9 Å². The van der Waals surface area contributed by atoms with Crippen molar-refractivity contribution in [3.8, 4) is 5.75 Å². The average Bonchev–Trinajstić information content (AvgIpc) is 3.21. The molecule has 158 valence electrons. The molecular weight excluding hydrogens is 414 g/mol. The fraction of sp³-hybridized carbons (Fsp3) is 0.227. The van der Waals surface area contributed by atoms with E-state index in [0.717, 1.165) is 15.8 Å². The van der Waals surface area contributed by atoms with E-state index in [4.69, 9.17) is 4.74 Å². The summed E-state index contributed by atoms with van der Waals surface area (Å²) in [6.07, 6.45) is 4.80. The van der Waals surface area contributed by atoms with Crippen LogP contribution in [0.3, 0.4) is 0 Å². The van der Waals surface area contributed by atoms with E-state index in [2.05, 4.69) is 15.0 Å². The van der Waals surface area contributed by atoms with E-state index in [-0.39, 0.29) is 24.6 Å². The number of thiazole rings is 1. The smallest absolute Gasteiger partial charge is 0.256 e. The normalized spacial score (nSPS) is 10.9. The number of rotatable bonds is 6. The molecule has 0 atom stereocenters. The number of carbonyl (C=O) groups excluding carboxylic acids is 1. The van der Waals surface area contributed by atoms with Gasteiger partial charge in [0.2, 0.25) is 5.91 Å². The molecule has 31 heavy (non-hydrogen) atoms. The second kappa shape index (κ2) is 8.65. The van der Waals surface area contributed by atoms with E-state index in [0.29, 0.717) is 22.1 Å². The van der Waals surface area contributed by atoms with E-state index in [9.17, 15) is 9.59 Å². The van der Waals surface area contributed by atoms with Crippen LogP contribution in [0.25, 0.3) is 10.2 Å². The van der Waals surface area contributed by atoms with Gasteiger partial charge in [-0.25, -0.2) is 9.97 Å². The third kappa shape index (κ3) is 4.31. The molecule has 0 saturated heterocycles. The van der Waals surface area contributed by atoms with Crippen LogP contribution < -0.4 is 15.2 Å². The number of pyridine rings is 1. The highest BCUT2D eigenvalue weighted by Gasteiger charge is 2.22. The van der Waals surface area contributed by atoms with Gasteiger partial charge in [-0.3, -0.25) is 24.0 Å². The van der Waals surface area contributed by atoms with Crippen LogP contribution >= 0.6 is 11.3 Å². The van der Waals surface area contributed by atoms with Gasteiger partial charge in [-0.2, -0.15) is 0 Å². The van der Waals surface area contributed by atoms with Crippen molar-refractivity contribution < 1.29 is 9.53 Å². The minimum absolute atomic E-state index is 0.132. The standard InChI is InChI=1S/C22H21N5O3S/c1-14-15(2)24-13-26(21(14)29)12-20(28)27(11-16-5-4-8-23-10-16)22-25-18-9-17(30-3)6-7-19(18)31-22/h4-10,13H,11-12H2,1-3H3. The molecule has 0 N–H and O–H groups in total. The molecule has 0 radical (unpaired) electrons. The number of ether oxygens (including phenoxy) is 1. The van der Waals surface area contributed by atoms with Gasteiger partial charge in [0.05, 0.1) is 30.2 Å². The Morgan fingerprint density at radius 3 is 2.84 bits per heavy atom. The van der Waals surface area contributed by atoms with Crippen LogP contribution in [0.1, 0.15) is 16.8 Å². The minimum atomic E-state index is -0.262. The van der Waals surface area contributed by atoms with Crippen LogP contribution in [0.2, 0.25) is 0 Å². The van der Waals surface area contributed by atoms with Crippen LogP contribution in [0.4, 0.5) is 5.13 Å². The zero-order chi connectivity index (χ0) is 22.0. The second-order valence-electron chi connectivity index (χ2n) is 7.06. The highest BCUT2D eigenvalue weighted by molar-refractivity contribution is 7.22. The fourth-order valence-electron chi connectivity index (χ4n) is 3.09. The molecular formula is C22H21N5O3S. The van der Waals surface area contributed by atoms with Gasteiger partial charge in [0.15, 0.2) is 5.13 Å². The molecule has 4 rings (SSSR count). The highest BCUT2D eigenvalue weighted by atomic mass is 32.1. The number of methoxy groups -OCH3 is 1. The zero-order valence-corrected chi connectivity index (χ0v) is 18.2. The molecule has 3 aromatic heterocycles. The Hall–Kier alpha value is -3.59. The molecule has 0 spiro atoms. The van der Waals surface area contributed by atoms with Gasteiger partial charge >= 0.3 is 0 Å². The van der Waals surface area contributed by atoms with E-state index in [1.165, 1.54) is 22.2 Å². The summed E-state index contributed by atoms with van der Waals surface area (Å²) in [6.45, 7) is 3.64. The summed E-state index contributed by atoms with van der Waals surface area (Å²) >= 11 is 1.41. The summed E-state index contributed by atoms with van der Waals surface area (Å²) in [4.78, 5) is 40.5. The van der Waals surface area contributed by atoms with Gasteiger partial charge in [-0.05, 0) is 37.6 Å². The first kappa shape index (κ1) is 20.7. The predicted octanol–water partition coefficient (Wildman–Crippen LogP) is 3.11. The number of amides is 1. The number of carbonyl (C=O) groups is 1. The summed E-state index contributed by atoms with van der Waals surface area (Å²) in [6, 6.07) is 9.32. The number of anilines is 1. The van der Waals surface area contributed by atoms with Crippen molar-refractivity contribution >= 4 is 32.6 Å². The van der Waals surface area contributed by atoms with Crippen LogP contribution in [0, 0.1) is 13.8 Å². The molecule has 3 heterocycles. The number of fused-ring (bicyclic) bond motifs is 1. The van der Waals surface area contributed by atoms with Crippen molar-refractivity contribution in [2.45, 2.75) is 26.9 Å². The Bertz CT molecular complexity index is 1300. The van der Waals surface area contributed by atoms with E-state index >= 15 is 0 Å². The first-order valence-corrected chi connectivity index (χ1v) is 10.4. The molecule has 0 unspecified atom stereocenters. The summed E-state index contributed by atoms with van der Waals surface area (Å²) in [5.74, 6) is 0.435. The van der Waals surface area contributed by atoms with Crippen molar-refractivity contribution in [1.29, 1.82) is 0 Å². The summed E-state index contributed by atoms with van der Waals surface area (Å²) in [5.41, 5.74) is 2.56.